The molecule has 0 saturated heterocycles. The van der Waals surface area contributed by atoms with Gasteiger partial charge in [0.05, 0.1) is 17.6 Å². The average Bonchev–Trinajstić information content (AvgIpc) is 2.96. The number of carboxylic acids is 1. The van der Waals surface area contributed by atoms with E-state index in [1.807, 2.05) is 42.8 Å². The third-order valence-electron chi connectivity index (χ3n) is 4.78. The third kappa shape index (κ3) is 4.30. The second-order valence-corrected chi connectivity index (χ2v) is 7.33. The first-order chi connectivity index (χ1) is 12.8. The monoisotopic (exact) mass is 366 g/mol. The number of ether oxygens (including phenoxy) is 1. The van der Waals surface area contributed by atoms with Crippen molar-refractivity contribution in [2.45, 2.75) is 52.7 Å². The zero-order chi connectivity index (χ0) is 19.6. The Morgan fingerprint density at radius 1 is 1.15 bits per heavy atom. The van der Waals surface area contributed by atoms with Gasteiger partial charge in [-0.2, -0.15) is 5.10 Å². The molecule has 0 bridgehead atoms. The van der Waals surface area contributed by atoms with Crippen molar-refractivity contribution >= 4 is 16.9 Å². The van der Waals surface area contributed by atoms with E-state index in [1.54, 1.807) is 0 Å². The van der Waals surface area contributed by atoms with E-state index in [4.69, 9.17) is 9.84 Å². The molecular formula is C22H26N2O3. The highest BCUT2D eigenvalue weighted by atomic mass is 16.5. The molecule has 0 spiro atoms. The van der Waals surface area contributed by atoms with Gasteiger partial charge in [0.15, 0.2) is 0 Å². The van der Waals surface area contributed by atoms with Crippen molar-refractivity contribution in [3.63, 3.8) is 0 Å². The summed E-state index contributed by atoms with van der Waals surface area (Å²) < 4.78 is 7.97. The zero-order valence-corrected chi connectivity index (χ0v) is 16.3. The molecule has 27 heavy (non-hydrogen) atoms. The van der Waals surface area contributed by atoms with Crippen LogP contribution in [0.2, 0.25) is 0 Å². The Bertz CT molecular complexity index is 942. The number of aryl methyl sites for hydroxylation is 1. The van der Waals surface area contributed by atoms with Crippen LogP contribution in [-0.4, -0.2) is 20.9 Å². The first-order valence-electron chi connectivity index (χ1n) is 9.27. The molecule has 142 valence electrons. The first-order valence-corrected chi connectivity index (χ1v) is 9.27. The van der Waals surface area contributed by atoms with E-state index in [0.717, 1.165) is 28.1 Å². The van der Waals surface area contributed by atoms with Gasteiger partial charge in [-0.05, 0) is 56.0 Å². The van der Waals surface area contributed by atoms with Crippen LogP contribution in [0.3, 0.4) is 0 Å². The minimum Gasteiger partial charge on any atom is -0.489 e. The van der Waals surface area contributed by atoms with Gasteiger partial charge < -0.3 is 9.84 Å². The van der Waals surface area contributed by atoms with Crippen LogP contribution < -0.4 is 4.74 Å². The molecule has 0 aliphatic heterocycles. The van der Waals surface area contributed by atoms with Gasteiger partial charge in [-0.1, -0.05) is 31.2 Å². The summed E-state index contributed by atoms with van der Waals surface area (Å²) >= 11 is 0. The molecule has 0 fully saturated rings. The maximum absolute atomic E-state index is 10.8. The number of aromatic nitrogens is 2. The minimum absolute atomic E-state index is 0.0153. The third-order valence-corrected chi connectivity index (χ3v) is 4.78. The lowest BCUT2D eigenvalue weighted by Crippen LogP contribution is -2.03. The van der Waals surface area contributed by atoms with Gasteiger partial charge in [-0.15, -0.1) is 0 Å². The number of carbonyl (C=O) groups is 1. The summed E-state index contributed by atoms with van der Waals surface area (Å²) in [5.74, 6) is -0.0254. The van der Waals surface area contributed by atoms with Gasteiger partial charge in [0.25, 0.3) is 0 Å². The Labute approximate surface area is 159 Å². The van der Waals surface area contributed by atoms with Crippen molar-refractivity contribution in [3.05, 3.63) is 59.3 Å². The van der Waals surface area contributed by atoms with E-state index in [0.29, 0.717) is 12.6 Å². The van der Waals surface area contributed by atoms with Gasteiger partial charge in [0.2, 0.25) is 0 Å². The molecule has 0 amide bonds. The molecule has 0 aliphatic carbocycles. The fourth-order valence-electron chi connectivity index (χ4n) is 3.26. The van der Waals surface area contributed by atoms with Crippen molar-refractivity contribution in [2.75, 3.05) is 0 Å². The summed E-state index contributed by atoms with van der Waals surface area (Å²) in [6.45, 7) is 8.68. The minimum atomic E-state index is -0.783. The van der Waals surface area contributed by atoms with Gasteiger partial charge in [0.1, 0.15) is 12.4 Å². The molecule has 0 saturated carbocycles. The highest BCUT2D eigenvalue weighted by Gasteiger charge is 2.12. The Hall–Kier alpha value is -2.82. The number of rotatable bonds is 7. The van der Waals surface area contributed by atoms with Crippen molar-refractivity contribution in [2.24, 2.45) is 0 Å². The van der Waals surface area contributed by atoms with Crippen molar-refractivity contribution in [1.82, 2.24) is 9.78 Å². The number of carboxylic acid groups (broad SMARTS) is 1. The standard InChI is InChI=1S/C22H26N2O3/c1-14(2)24-21-12-17(5-10-20(21)16(4)23-24)13-27-19-8-6-18(7-9-19)15(3)11-22(25)26/h5-10,12,14-15H,11,13H2,1-4H3,(H,25,26). The molecule has 1 N–H and O–H groups in total. The molecule has 3 rings (SSSR count). The zero-order valence-electron chi connectivity index (χ0n) is 16.3. The van der Waals surface area contributed by atoms with Crippen LogP contribution in [0.15, 0.2) is 42.5 Å². The summed E-state index contributed by atoms with van der Waals surface area (Å²) in [7, 11) is 0. The fourth-order valence-corrected chi connectivity index (χ4v) is 3.26. The number of nitrogens with zero attached hydrogens (tertiary/aromatic N) is 2. The topological polar surface area (TPSA) is 64.4 Å². The van der Waals surface area contributed by atoms with Gasteiger partial charge in [-0.3, -0.25) is 9.48 Å². The van der Waals surface area contributed by atoms with Crippen molar-refractivity contribution in [3.8, 4) is 5.75 Å². The molecular weight excluding hydrogens is 340 g/mol. The van der Waals surface area contributed by atoms with Gasteiger partial charge >= 0.3 is 5.97 Å². The highest BCUT2D eigenvalue weighted by molar-refractivity contribution is 5.82. The summed E-state index contributed by atoms with van der Waals surface area (Å²) in [5, 5.41) is 14.7. The molecule has 1 unspecified atom stereocenters. The van der Waals surface area contributed by atoms with E-state index in [1.165, 1.54) is 5.39 Å². The summed E-state index contributed by atoms with van der Waals surface area (Å²) in [5.41, 5.74) is 4.26. The highest BCUT2D eigenvalue weighted by Crippen LogP contribution is 2.25. The van der Waals surface area contributed by atoms with Crippen LogP contribution in [0.25, 0.3) is 10.9 Å². The number of fused-ring (bicyclic) bond motifs is 1. The molecule has 0 radical (unpaired) electrons. The van der Waals surface area contributed by atoms with E-state index in [9.17, 15) is 4.79 Å². The number of hydrogen-bond acceptors (Lipinski definition) is 3. The fraction of sp³-hybridized carbons (Fsp3) is 0.364. The molecule has 3 aromatic rings. The van der Waals surface area contributed by atoms with E-state index < -0.39 is 5.97 Å². The van der Waals surface area contributed by atoms with Crippen molar-refractivity contribution < 1.29 is 14.6 Å². The van der Waals surface area contributed by atoms with Crippen LogP contribution in [-0.2, 0) is 11.4 Å². The maximum Gasteiger partial charge on any atom is 0.303 e. The summed E-state index contributed by atoms with van der Waals surface area (Å²) in [6, 6.07) is 14.3. The Kier molecular flexibility index (Phi) is 5.49. The largest absolute Gasteiger partial charge is 0.489 e. The van der Waals surface area contributed by atoms with Crippen molar-refractivity contribution in [1.29, 1.82) is 0 Å². The molecule has 0 aliphatic rings. The van der Waals surface area contributed by atoms with E-state index in [-0.39, 0.29) is 12.3 Å². The molecule has 5 heteroatoms. The van der Waals surface area contributed by atoms with Gasteiger partial charge in [-0.25, -0.2) is 0 Å². The second kappa shape index (κ2) is 7.82. The van der Waals surface area contributed by atoms with Gasteiger partial charge in [0, 0.05) is 11.4 Å². The van der Waals surface area contributed by atoms with Crippen LogP contribution >= 0.6 is 0 Å². The van der Waals surface area contributed by atoms with E-state index in [2.05, 4.69) is 37.1 Å². The average molecular weight is 366 g/mol. The molecule has 1 atom stereocenters. The summed E-state index contributed by atoms with van der Waals surface area (Å²) in [6.07, 6.45) is 0.128. The van der Waals surface area contributed by atoms with Crippen LogP contribution in [0.1, 0.15) is 56.0 Å². The Morgan fingerprint density at radius 2 is 1.85 bits per heavy atom. The molecule has 1 aromatic heterocycles. The lowest BCUT2D eigenvalue weighted by Gasteiger charge is -2.12. The predicted octanol–water partition coefficient (Wildman–Crippen LogP) is 5.08. The Balaban J connectivity index is 1.71. The second-order valence-electron chi connectivity index (χ2n) is 7.33. The number of aliphatic carboxylic acids is 1. The summed E-state index contributed by atoms with van der Waals surface area (Å²) in [4.78, 5) is 10.8. The normalized spacial score (nSPS) is 12.5. The first kappa shape index (κ1) is 19.0. The SMILES string of the molecule is Cc1nn(C(C)C)c2cc(COc3ccc(C(C)CC(=O)O)cc3)ccc12. The maximum atomic E-state index is 10.8. The molecule has 1 heterocycles. The number of benzene rings is 2. The number of hydrogen-bond donors (Lipinski definition) is 1. The quantitative estimate of drug-likeness (QED) is 0.633. The van der Waals surface area contributed by atoms with Crippen LogP contribution in [0.4, 0.5) is 0 Å². The smallest absolute Gasteiger partial charge is 0.303 e. The predicted molar refractivity (Wildman–Crippen MR) is 106 cm³/mol. The molecule has 5 nitrogen and oxygen atoms in total. The van der Waals surface area contributed by atoms with Crippen LogP contribution in [0.5, 0.6) is 5.75 Å². The lowest BCUT2D eigenvalue weighted by atomic mass is 9.98. The van der Waals surface area contributed by atoms with E-state index >= 15 is 0 Å². The Morgan fingerprint density at radius 3 is 2.48 bits per heavy atom. The lowest BCUT2D eigenvalue weighted by molar-refractivity contribution is -0.137. The van der Waals surface area contributed by atoms with Crippen LogP contribution in [0, 0.1) is 6.92 Å². The molecule has 2 aromatic carbocycles.